The van der Waals surface area contributed by atoms with Crippen LogP contribution in [0.3, 0.4) is 0 Å². The second kappa shape index (κ2) is 9.79. The van der Waals surface area contributed by atoms with Crippen molar-refractivity contribution in [2.45, 2.75) is 53.4 Å². The zero-order chi connectivity index (χ0) is 27.1. The maximum Gasteiger partial charge on any atom is 0.261 e. The Morgan fingerprint density at radius 3 is 2.43 bits per heavy atom. The molecule has 10 heteroatoms. The summed E-state index contributed by atoms with van der Waals surface area (Å²) < 4.78 is 21.3. The second-order valence-corrected chi connectivity index (χ2v) is 9.45. The summed E-state index contributed by atoms with van der Waals surface area (Å²) in [4.78, 5) is 30.4. The van der Waals surface area contributed by atoms with E-state index in [1.54, 1.807) is 65.2 Å². The summed E-state index contributed by atoms with van der Waals surface area (Å²) in [6.07, 6.45) is 2.91. The number of aromatic nitrogens is 5. The van der Waals surface area contributed by atoms with Crippen molar-refractivity contribution >= 4 is 0 Å². The summed E-state index contributed by atoms with van der Waals surface area (Å²) in [6, 6.07) is 6.26. The van der Waals surface area contributed by atoms with Crippen LogP contribution in [0.1, 0.15) is 54.0 Å². The molecule has 0 aliphatic carbocycles. The summed E-state index contributed by atoms with van der Waals surface area (Å²) in [5.74, 6) is -0.337. The molecule has 0 aliphatic rings. The van der Waals surface area contributed by atoms with E-state index in [1.807, 2.05) is 6.92 Å². The van der Waals surface area contributed by atoms with Gasteiger partial charge in [0, 0.05) is 30.4 Å². The van der Waals surface area contributed by atoms with Gasteiger partial charge in [-0.1, -0.05) is 0 Å². The van der Waals surface area contributed by atoms with E-state index in [0.717, 1.165) is 5.56 Å². The van der Waals surface area contributed by atoms with Crippen molar-refractivity contribution in [2.75, 3.05) is 0 Å². The van der Waals surface area contributed by atoms with E-state index < -0.39 is 17.7 Å². The van der Waals surface area contributed by atoms with Crippen molar-refractivity contribution < 1.29 is 19.3 Å². The van der Waals surface area contributed by atoms with Crippen LogP contribution in [-0.4, -0.2) is 34.7 Å². The standard InChI is InChI=1S/C27H28FN5O4/c1-14-9-18(28)23(31-12-14)25(35)37-22-10-16(3)33(24(34)17(22)4)21-11-20(30-13-15(21)2)19-7-8-29-26(32-19)27(5,6)36/h7-13,25,35-36H,1-6H3. The third kappa shape index (κ3) is 5.25. The van der Waals surface area contributed by atoms with Gasteiger partial charge in [0.2, 0.25) is 6.29 Å². The summed E-state index contributed by atoms with van der Waals surface area (Å²) >= 11 is 0. The van der Waals surface area contributed by atoms with Crippen molar-refractivity contribution in [3.63, 3.8) is 0 Å². The first-order chi connectivity index (χ1) is 17.4. The zero-order valence-electron chi connectivity index (χ0n) is 21.4. The van der Waals surface area contributed by atoms with E-state index in [9.17, 15) is 19.4 Å². The molecule has 0 fully saturated rings. The minimum atomic E-state index is -1.69. The quantitative estimate of drug-likeness (QED) is 0.380. The molecule has 192 valence electrons. The number of hydrogen-bond acceptors (Lipinski definition) is 8. The van der Waals surface area contributed by atoms with Crippen molar-refractivity contribution in [2.24, 2.45) is 0 Å². The Hall–Kier alpha value is -4.02. The number of nitrogens with zero attached hydrogens (tertiary/aromatic N) is 5. The smallest absolute Gasteiger partial charge is 0.261 e. The SMILES string of the molecule is Cc1cnc(C(O)Oc2cc(C)n(-c3cc(-c4ccnc(C(C)(C)O)n4)ncc3C)c(=O)c2C)c(F)c1. The average Bonchev–Trinajstić information content (AvgIpc) is 2.83. The fraction of sp³-hybridized carbons (Fsp3) is 0.296. The molecule has 0 aliphatic heterocycles. The maximum atomic E-state index is 14.3. The molecule has 9 nitrogen and oxygen atoms in total. The highest BCUT2D eigenvalue weighted by Gasteiger charge is 2.22. The number of aryl methyl sites for hydroxylation is 3. The van der Waals surface area contributed by atoms with Gasteiger partial charge in [-0.25, -0.2) is 14.4 Å². The van der Waals surface area contributed by atoms with Gasteiger partial charge in [0.15, 0.2) is 11.6 Å². The van der Waals surface area contributed by atoms with Gasteiger partial charge in [0.25, 0.3) is 5.56 Å². The molecule has 4 aromatic heterocycles. The van der Waals surface area contributed by atoms with Gasteiger partial charge in [-0.05, 0) is 70.9 Å². The Bertz CT molecular complexity index is 1550. The van der Waals surface area contributed by atoms with Crippen LogP contribution in [-0.2, 0) is 5.60 Å². The van der Waals surface area contributed by atoms with Crippen LogP contribution in [0, 0.1) is 33.5 Å². The Morgan fingerprint density at radius 1 is 1.03 bits per heavy atom. The molecular formula is C27H28FN5O4. The molecule has 4 rings (SSSR count). The lowest BCUT2D eigenvalue weighted by molar-refractivity contribution is -0.0263. The summed E-state index contributed by atoms with van der Waals surface area (Å²) in [5, 5.41) is 20.7. The highest BCUT2D eigenvalue weighted by atomic mass is 19.1. The largest absolute Gasteiger partial charge is 0.458 e. The number of halogens is 1. The first-order valence-corrected chi connectivity index (χ1v) is 11.6. The van der Waals surface area contributed by atoms with Gasteiger partial charge in [0.1, 0.15) is 17.0 Å². The van der Waals surface area contributed by atoms with Gasteiger partial charge in [-0.2, -0.15) is 0 Å². The fourth-order valence-corrected chi connectivity index (χ4v) is 3.81. The summed E-state index contributed by atoms with van der Waals surface area (Å²) in [6.45, 7) is 9.99. The zero-order valence-corrected chi connectivity index (χ0v) is 21.4. The first-order valence-electron chi connectivity index (χ1n) is 11.6. The topological polar surface area (TPSA) is 123 Å². The molecule has 4 heterocycles. The third-order valence-electron chi connectivity index (χ3n) is 5.85. The third-order valence-corrected chi connectivity index (χ3v) is 5.85. The average molecular weight is 506 g/mol. The molecular weight excluding hydrogens is 477 g/mol. The first kappa shape index (κ1) is 26.1. The minimum absolute atomic E-state index is 0.116. The van der Waals surface area contributed by atoms with Crippen LogP contribution < -0.4 is 10.3 Å². The Morgan fingerprint density at radius 2 is 1.76 bits per heavy atom. The van der Waals surface area contributed by atoms with E-state index in [-0.39, 0.29) is 28.4 Å². The highest BCUT2D eigenvalue weighted by Crippen LogP contribution is 2.27. The molecule has 1 atom stereocenters. The van der Waals surface area contributed by atoms with Crippen molar-refractivity contribution in [3.05, 3.63) is 92.9 Å². The minimum Gasteiger partial charge on any atom is -0.458 e. The van der Waals surface area contributed by atoms with Crippen molar-refractivity contribution in [3.8, 4) is 22.8 Å². The van der Waals surface area contributed by atoms with Crippen LogP contribution >= 0.6 is 0 Å². The number of aliphatic hydroxyl groups is 2. The van der Waals surface area contributed by atoms with Crippen LogP contribution in [0.25, 0.3) is 17.1 Å². The molecule has 0 bridgehead atoms. The number of aliphatic hydroxyl groups excluding tert-OH is 1. The van der Waals surface area contributed by atoms with E-state index in [4.69, 9.17) is 4.74 Å². The number of rotatable bonds is 6. The lowest BCUT2D eigenvalue weighted by atomic mass is 10.1. The van der Waals surface area contributed by atoms with Gasteiger partial charge in [-0.15, -0.1) is 0 Å². The van der Waals surface area contributed by atoms with Crippen LogP contribution in [0.4, 0.5) is 4.39 Å². The molecule has 4 aromatic rings. The van der Waals surface area contributed by atoms with E-state index in [1.165, 1.54) is 16.8 Å². The van der Waals surface area contributed by atoms with Crippen LogP contribution in [0.15, 0.2) is 47.7 Å². The summed E-state index contributed by atoms with van der Waals surface area (Å²) in [5.41, 5.74) is 1.79. The highest BCUT2D eigenvalue weighted by molar-refractivity contribution is 5.59. The predicted molar refractivity (Wildman–Crippen MR) is 135 cm³/mol. The van der Waals surface area contributed by atoms with Gasteiger partial charge < -0.3 is 14.9 Å². The predicted octanol–water partition coefficient (Wildman–Crippen LogP) is 3.75. The molecule has 0 saturated carbocycles. The number of ether oxygens (including phenoxy) is 1. The van der Waals surface area contributed by atoms with Gasteiger partial charge in [-0.3, -0.25) is 19.3 Å². The molecule has 0 spiro atoms. The Kier molecular flexibility index (Phi) is 6.90. The lowest BCUT2D eigenvalue weighted by Crippen LogP contribution is -2.25. The van der Waals surface area contributed by atoms with Gasteiger partial charge in [0.05, 0.1) is 22.6 Å². The Labute approximate surface area is 213 Å². The molecule has 0 amide bonds. The fourth-order valence-electron chi connectivity index (χ4n) is 3.81. The van der Waals surface area contributed by atoms with Crippen molar-refractivity contribution in [1.29, 1.82) is 0 Å². The number of hydrogen-bond donors (Lipinski definition) is 2. The second-order valence-electron chi connectivity index (χ2n) is 9.45. The normalized spacial score (nSPS) is 12.5. The van der Waals surface area contributed by atoms with E-state index >= 15 is 0 Å². The van der Waals surface area contributed by atoms with Crippen molar-refractivity contribution in [1.82, 2.24) is 24.5 Å². The Balaban J connectivity index is 1.75. The monoisotopic (exact) mass is 505 g/mol. The maximum absolute atomic E-state index is 14.3. The number of pyridine rings is 3. The van der Waals surface area contributed by atoms with Gasteiger partial charge >= 0.3 is 0 Å². The molecule has 0 aromatic carbocycles. The summed E-state index contributed by atoms with van der Waals surface area (Å²) in [7, 11) is 0. The van der Waals surface area contributed by atoms with E-state index in [2.05, 4.69) is 19.9 Å². The molecule has 2 N–H and O–H groups in total. The van der Waals surface area contributed by atoms with Crippen LogP contribution in [0.5, 0.6) is 5.75 Å². The van der Waals surface area contributed by atoms with Crippen LogP contribution in [0.2, 0.25) is 0 Å². The molecule has 37 heavy (non-hydrogen) atoms. The molecule has 0 radical (unpaired) electrons. The lowest BCUT2D eigenvalue weighted by Gasteiger charge is -2.19. The molecule has 1 unspecified atom stereocenters. The van der Waals surface area contributed by atoms with E-state index in [0.29, 0.717) is 28.3 Å². The molecule has 0 saturated heterocycles.